The monoisotopic (exact) mass is 545 g/mol. The molecular formula is C25H18BrClFNO5. The summed E-state index contributed by atoms with van der Waals surface area (Å²) in [5.41, 5.74) is 0.892. The van der Waals surface area contributed by atoms with Crippen LogP contribution in [0.25, 0.3) is 5.76 Å². The van der Waals surface area contributed by atoms with E-state index in [1.165, 1.54) is 31.3 Å². The van der Waals surface area contributed by atoms with Gasteiger partial charge in [0.25, 0.3) is 11.7 Å². The highest BCUT2D eigenvalue weighted by Gasteiger charge is 2.47. The molecule has 1 fully saturated rings. The van der Waals surface area contributed by atoms with Crippen LogP contribution in [-0.2, 0) is 9.59 Å². The van der Waals surface area contributed by atoms with Gasteiger partial charge in [0.2, 0.25) is 0 Å². The van der Waals surface area contributed by atoms with Gasteiger partial charge in [-0.2, -0.15) is 0 Å². The average molecular weight is 547 g/mol. The molecule has 1 N–H and O–H groups in total. The Kier molecular flexibility index (Phi) is 6.63. The molecule has 4 rings (SSSR count). The Morgan fingerprint density at radius 3 is 2.29 bits per heavy atom. The van der Waals surface area contributed by atoms with Crippen molar-refractivity contribution in [3.8, 4) is 11.5 Å². The lowest BCUT2D eigenvalue weighted by Crippen LogP contribution is -2.29. The Hall–Kier alpha value is -3.36. The number of rotatable bonds is 5. The molecule has 1 unspecified atom stereocenters. The van der Waals surface area contributed by atoms with Gasteiger partial charge in [-0.05, 0) is 48.0 Å². The van der Waals surface area contributed by atoms with E-state index in [2.05, 4.69) is 15.9 Å². The molecule has 0 saturated carbocycles. The lowest BCUT2D eigenvalue weighted by molar-refractivity contribution is -0.132. The first-order valence-electron chi connectivity index (χ1n) is 10.0. The molecule has 174 valence electrons. The Balaban J connectivity index is 1.97. The Labute approximate surface area is 208 Å². The van der Waals surface area contributed by atoms with Crippen LogP contribution in [0.3, 0.4) is 0 Å². The molecule has 6 nitrogen and oxygen atoms in total. The number of aliphatic hydroxyl groups excluding tert-OH is 1. The number of anilines is 1. The van der Waals surface area contributed by atoms with Gasteiger partial charge < -0.3 is 14.6 Å². The van der Waals surface area contributed by atoms with Crippen LogP contribution in [0.1, 0.15) is 17.2 Å². The van der Waals surface area contributed by atoms with Gasteiger partial charge in [-0.15, -0.1) is 0 Å². The fraction of sp³-hybridized carbons (Fsp3) is 0.120. The molecule has 0 spiro atoms. The second-order valence-electron chi connectivity index (χ2n) is 7.39. The number of carbonyl (C=O) groups excluding carboxylic acids is 2. The van der Waals surface area contributed by atoms with Gasteiger partial charge >= 0.3 is 0 Å². The minimum absolute atomic E-state index is 0.125. The number of ketones is 1. The largest absolute Gasteiger partial charge is 0.507 e. The summed E-state index contributed by atoms with van der Waals surface area (Å²) in [7, 11) is 2.94. The third kappa shape index (κ3) is 4.15. The molecular weight excluding hydrogens is 529 g/mol. The second kappa shape index (κ2) is 9.48. The number of halogens is 3. The van der Waals surface area contributed by atoms with E-state index < -0.39 is 23.5 Å². The maximum atomic E-state index is 13.8. The summed E-state index contributed by atoms with van der Waals surface area (Å²) in [6.45, 7) is 0. The van der Waals surface area contributed by atoms with Crippen molar-refractivity contribution in [2.45, 2.75) is 6.04 Å². The first-order chi connectivity index (χ1) is 16.3. The molecule has 0 bridgehead atoms. The van der Waals surface area contributed by atoms with E-state index in [0.29, 0.717) is 22.6 Å². The van der Waals surface area contributed by atoms with Crippen molar-refractivity contribution < 1.29 is 28.6 Å². The molecule has 3 aromatic carbocycles. The quantitative estimate of drug-likeness (QED) is 0.246. The molecule has 9 heteroatoms. The molecule has 1 heterocycles. The number of nitrogens with zero attached hydrogens (tertiary/aromatic N) is 1. The van der Waals surface area contributed by atoms with Crippen molar-refractivity contribution in [3.05, 3.63) is 92.7 Å². The number of carbonyl (C=O) groups is 2. The molecule has 1 atom stereocenters. The molecule has 1 aliphatic rings. The van der Waals surface area contributed by atoms with E-state index in [-0.39, 0.29) is 22.0 Å². The normalized spacial score (nSPS) is 17.2. The predicted molar refractivity (Wildman–Crippen MR) is 130 cm³/mol. The molecule has 1 aliphatic heterocycles. The van der Waals surface area contributed by atoms with Gasteiger partial charge in [0.1, 0.15) is 11.6 Å². The van der Waals surface area contributed by atoms with E-state index >= 15 is 0 Å². The van der Waals surface area contributed by atoms with Gasteiger partial charge in [-0.1, -0.05) is 45.7 Å². The maximum Gasteiger partial charge on any atom is 0.300 e. The topological polar surface area (TPSA) is 76.1 Å². The van der Waals surface area contributed by atoms with Crippen LogP contribution in [0.4, 0.5) is 10.1 Å². The van der Waals surface area contributed by atoms with Crippen molar-refractivity contribution in [1.82, 2.24) is 0 Å². The van der Waals surface area contributed by atoms with E-state index in [1.54, 1.807) is 42.5 Å². The smallest absolute Gasteiger partial charge is 0.300 e. The molecule has 0 radical (unpaired) electrons. The highest BCUT2D eigenvalue weighted by atomic mass is 79.9. The van der Waals surface area contributed by atoms with Crippen LogP contribution in [-0.4, -0.2) is 31.0 Å². The number of methoxy groups -OCH3 is 2. The van der Waals surface area contributed by atoms with Crippen LogP contribution < -0.4 is 14.4 Å². The number of benzene rings is 3. The summed E-state index contributed by atoms with van der Waals surface area (Å²) in [4.78, 5) is 27.6. The van der Waals surface area contributed by atoms with Crippen LogP contribution in [0.15, 0.2) is 70.7 Å². The average Bonchev–Trinajstić information content (AvgIpc) is 3.10. The van der Waals surface area contributed by atoms with Crippen LogP contribution in [0.5, 0.6) is 11.5 Å². The van der Waals surface area contributed by atoms with Crippen LogP contribution in [0.2, 0.25) is 5.02 Å². The number of amides is 1. The number of ether oxygens (including phenoxy) is 2. The highest BCUT2D eigenvalue weighted by Crippen LogP contribution is 2.44. The van der Waals surface area contributed by atoms with Crippen molar-refractivity contribution >= 4 is 50.7 Å². The SMILES string of the molecule is COc1ccc(C2/C(=C(\O)c3ccc(Br)cc3)C(=O)C(=O)N2c2ccc(F)c(Cl)c2)cc1OC. The lowest BCUT2D eigenvalue weighted by Gasteiger charge is -2.26. The van der Waals surface area contributed by atoms with E-state index in [1.807, 2.05) is 0 Å². The Bertz CT molecular complexity index is 1330. The van der Waals surface area contributed by atoms with Gasteiger partial charge in [0.15, 0.2) is 11.5 Å². The third-order valence-electron chi connectivity index (χ3n) is 5.47. The fourth-order valence-electron chi connectivity index (χ4n) is 3.84. The Morgan fingerprint density at radius 1 is 1.00 bits per heavy atom. The first kappa shape index (κ1) is 23.8. The first-order valence-corrected chi connectivity index (χ1v) is 11.2. The van der Waals surface area contributed by atoms with Gasteiger partial charge in [-0.25, -0.2) is 4.39 Å². The number of Topliss-reactive ketones (excluding diaryl/α,β-unsaturated/α-hetero) is 1. The van der Waals surface area contributed by atoms with Crippen molar-refractivity contribution in [2.75, 3.05) is 19.1 Å². The zero-order chi connectivity index (χ0) is 24.6. The molecule has 1 amide bonds. The van der Waals surface area contributed by atoms with E-state index in [0.717, 1.165) is 10.5 Å². The van der Waals surface area contributed by atoms with E-state index in [4.69, 9.17) is 21.1 Å². The zero-order valence-electron chi connectivity index (χ0n) is 18.0. The zero-order valence-corrected chi connectivity index (χ0v) is 20.4. The summed E-state index contributed by atoms with van der Waals surface area (Å²) >= 11 is 9.30. The summed E-state index contributed by atoms with van der Waals surface area (Å²) in [5.74, 6) is -1.98. The number of hydrogen-bond donors (Lipinski definition) is 1. The second-order valence-corrected chi connectivity index (χ2v) is 8.71. The molecule has 34 heavy (non-hydrogen) atoms. The lowest BCUT2D eigenvalue weighted by atomic mass is 9.94. The predicted octanol–water partition coefficient (Wildman–Crippen LogP) is 5.89. The minimum Gasteiger partial charge on any atom is -0.507 e. The molecule has 1 saturated heterocycles. The number of aliphatic hydroxyl groups is 1. The highest BCUT2D eigenvalue weighted by molar-refractivity contribution is 9.10. The fourth-order valence-corrected chi connectivity index (χ4v) is 4.27. The van der Waals surface area contributed by atoms with Crippen LogP contribution in [0, 0.1) is 5.82 Å². The summed E-state index contributed by atoms with van der Waals surface area (Å²) < 4.78 is 25.3. The summed E-state index contributed by atoms with van der Waals surface area (Å²) in [5, 5.41) is 10.9. The molecule has 0 aliphatic carbocycles. The van der Waals surface area contributed by atoms with E-state index in [9.17, 15) is 19.1 Å². The summed E-state index contributed by atoms with van der Waals surface area (Å²) in [6.07, 6.45) is 0. The summed E-state index contributed by atoms with van der Waals surface area (Å²) in [6, 6.07) is 14.2. The Morgan fingerprint density at radius 2 is 1.68 bits per heavy atom. The third-order valence-corrected chi connectivity index (χ3v) is 6.29. The minimum atomic E-state index is -1.04. The van der Waals surface area contributed by atoms with Crippen molar-refractivity contribution in [1.29, 1.82) is 0 Å². The van der Waals surface area contributed by atoms with Gasteiger partial charge in [0.05, 0.1) is 30.9 Å². The molecule has 3 aromatic rings. The van der Waals surface area contributed by atoms with Crippen molar-refractivity contribution in [3.63, 3.8) is 0 Å². The maximum absolute atomic E-state index is 13.8. The van der Waals surface area contributed by atoms with Crippen molar-refractivity contribution in [2.24, 2.45) is 0 Å². The van der Waals surface area contributed by atoms with Crippen LogP contribution >= 0.6 is 27.5 Å². The van der Waals surface area contributed by atoms with Gasteiger partial charge in [0, 0.05) is 15.7 Å². The number of hydrogen-bond acceptors (Lipinski definition) is 5. The molecule has 0 aromatic heterocycles. The standard InChI is InChI=1S/C25H18BrClFNO5/c1-33-19-10-5-14(11-20(19)34-2)22-21(23(30)13-3-6-15(26)7-4-13)24(31)25(32)29(22)16-8-9-18(28)17(27)12-16/h3-12,22,30H,1-2H3/b23-21+. The van der Waals surface area contributed by atoms with Gasteiger partial charge in [-0.3, -0.25) is 14.5 Å².